The summed E-state index contributed by atoms with van der Waals surface area (Å²) in [5.74, 6) is 0.718. The molecule has 0 bridgehead atoms. The molecular weight excluding hydrogens is 350 g/mol. The van der Waals surface area contributed by atoms with Gasteiger partial charge < -0.3 is 11.1 Å². The van der Waals surface area contributed by atoms with Crippen molar-refractivity contribution in [3.05, 3.63) is 24.3 Å². The first-order valence-electron chi connectivity index (χ1n) is 7.84. The summed E-state index contributed by atoms with van der Waals surface area (Å²) < 4.78 is 26.5. The van der Waals surface area contributed by atoms with E-state index < -0.39 is 10.0 Å². The second-order valence-corrected chi connectivity index (χ2v) is 7.97. The number of benzene rings is 1. The molecule has 24 heavy (non-hydrogen) atoms. The van der Waals surface area contributed by atoms with Crippen molar-refractivity contribution in [1.29, 1.82) is 0 Å². The fourth-order valence-electron chi connectivity index (χ4n) is 2.43. The van der Waals surface area contributed by atoms with Crippen LogP contribution >= 0.6 is 12.4 Å². The number of hydrogen-bond donors (Lipinski definition) is 3. The van der Waals surface area contributed by atoms with Crippen LogP contribution in [-0.2, 0) is 14.8 Å². The van der Waals surface area contributed by atoms with Crippen molar-refractivity contribution < 1.29 is 13.2 Å². The summed E-state index contributed by atoms with van der Waals surface area (Å²) in [5.41, 5.74) is 5.78. The SMILES string of the molecule is CC(C)CC(C)CC(=O)Nc1cccc(S(=O)(=O)NCCN)c1.Cl. The lowest BCUT2D eigenvalue weighted by molar-refractivity contribution is -0.117. The van der Waals surface area contributed by atoms with Gasteiger partial charge in [0.1, 0.15) is 0 Å². The van der Waals surface area contributed by atoms with Crippen LogP contribution in [0.1, 0.15) is 33.6 Å². The van der Waals surface area contributed by atoms with Crippen molar-refractivity contribution in [2.24, 2.45) is 17.6 Å². The highest BCUT2D eigenvalue weighted by atomic mass is 35.5. The molecule has 1 unspecified atom stereocenters. The van der Waals surface area contributed by atoms with E-state index in [0.717, 1.165) is 6.42 Å². The van der Waals surface area contributed by atoms with Gasteiger partial charge in [0, 0.05) is 25.2 Å². The van der Waals surface area contributed by atoms with E-state index in [2.05, 4.69) is 23.9 Å². The Balaban J connectivity index is 0.00000529. The lowest BCUT2D eigenvalue weighted by atomic mass is 9.96. The molecule has 0 aromatic heterocycles. The number of nitrogens with one attached hydrogen (secondary N) is 2. The van der Waals surface area contributed by atoms with Crippen molar-refractivity contribution in [2.45, 2.75) is 38.5 Å². The van der Waals surface area contributed by atoms with Crippen LogP contribution in [0.4, 0.5) is 5.69 Å². The zero-order valence-corrected chi connectivity index (χ0v) is 16.0. The molecule has 0 saturated carbocycles. The third kappa shape index (κ3) is 8.10. The zero-order valence-electron chi connectivity index (χ0n) is 14.4. The number of sulfonamides is 1. The molecule has 0 heterocycles. The van der Waals surface area contributed by atoms with Gasteiger partial charge in [-0.3, -0.25) is 4.79 Å². The van der Waals surface area contributed by atoms with E-state index in [1.54, 1.807) is 12.1 Å². The Hall–Kier alpha value is -1.15. The predicted octanol–water partition coefficient (Wildman–Crippen LogP) is 2.36. The highest BCUT2D eigenvalue weighted by Gasteiger charge is 2.15. The molecule has 138 valence electrons. The average Bonchev–Trinajstić information content (AvgIpc) is 2.44. The minimum absolute atomic E-state index is 0. The Morgan fingerprint density at radius 3 is 2.50 bits per heavy atom. The third-order valence-electron chi connectivity index (χ3n) is 3.27. The van der Waals surface area contributed by atoms with Gasteiger partial charge in [0.2, 0.25) is 15.9 Å². The lowest BCUT2D eigenvalue weighted by Crippen LogP contribution is -2.29. The van der Waals surface area contributed by atoms with E-state index in [1.807, 2.05) is 6.92 Å². The number of anilines is 1. The maximum atomic E-state index is 12.0. The molecule has 0 aliphatic carbocycles. The predicted molar refractivity (Wildman–Crippen MR) is 99.8 cm³/mol. The highest BCUT2D eigenvalue weighted by molar-refractivity contribution is 7.89. The molecule has 0 spiro atoms. The number of carbonyl (C=O) groups excluding carboxylic acids is 1. The van der Waals surface area contributed by atoms with Crippen LogP contribution in [0.5, 0.6) is 0 Å². The Morgan fingerprint density at radius 2 is 1.92 bits per heavy atom. The number of hydrogen-bond acceptors (Lipinski definition) is 4. The largest absolute Gasteiger partial charge is 0.329 e. The number of carbonyl (C=O) groups is 1. The summed E-state index contributed by atoms with van der Waals surface area (Å²) in [6.07, 6.45) is 1.39. The molecule has 0 aliphatic heterocycles. The van der Waals surface area contributed by atoms with Gasteiger partial charge in [-0.2, -0.15) is 0 Å². The molecule has 0 fully saturated rings. The minimum Gasteiger partial charge on any atom is -0.329 e. The second kappa shape index (κ2) is 10.7. The lowest BCUT2D eigenvalue weighted by Gasteiger charge is -2.14. The van der Waals surface area contributed by atoms with Gasteiger partial charge in [-0.1, -0.05) is 26.8 Å². The Morgan fingerprint density at radius 1 is 1.25 bits per heavy atom. The van der Waals surface area contributed by atoms with E-state index in [1.165, 1.54) is 12.1 Å². The van der Waals surface area contributed by atoms with Gasteiger partial charge in [-0.15, -0.1) is 12.4 Å². The van der Waals surface area contributed by atoms with Crippen molar-refractivity contribution >= 4 is 34.0 Å². The molecule has 1 amide bonds. The van der Waals surface area contributed by atoms with Gasteiger partial charge >= 0.3 is 0 Å². The minimum atomic E-state index is -3.60. The van der Waals surface area contributed by atoms with Gasteiger partial charge in [0.25, 0.3) is 0 Å². The van der Waals surface area contributed by atoms with Crippen LogP contribution in [0.3, 0.4) is 0 Å². The number of rotatable bonds is 9. The molecule has 0 saturated heterocycles. The second-order valence-electron chi connectivity index (χ2n) is 6.20. The zero-order chi connectivity index (χ0) is 17.5. The summed E-state index contributed by atoms with van der Waals surface area (Å²) in [6, 6.07) is 6.21. The Bertz CT molecular complexity index is 621. The monoisotopic (exact) mass is 377 g/mol. The van der Waals surface area contributed by atoms with Crippen LogP contribution in [0.15, 0.2) is 29.2 Å². The summed E-state index contributed by atoms with van der Waals surface area (Å²) in [7, 11) is -3.60. The molecule has 1 aromatic rings. The molecule has 1 rings (SSSR count). The molecular formula is C16H28ClN3O3S. The van der Waals surface area contributed by atoms with Crippen molar-refractivity contribution in [2.75, 3.05) is 18.4 Å². The van der Waals surface area contributed by atoms with Crippen molar-refractivity contribution in [3.63, 3.8) is 0 Å². The van der Waals surface area contributed by atoms with E-state index >= 15 is 0 Å². The van der Waals surface area contributed by atoms with Crippen LogP contribution in [0.25, 0.3) is 0 Å². The standard InChI is InChI=1S/C16H27N3O3S.ClH/c1-12(2)9-13(3)10-16(20)19-14-5-4-6-15(11-14)23(21,22)18-8-7-17;/h4-6,11-13,18H,7-10,17H2,1-3H3,(H,19,20);1H. The van der Waals surface area contributed by atoms with E-state index in [0.29, 0.717) is 18.0 Å². The summed E-state index contributed by atoms with van der Waals surface area (Å²) >= 11 is 0. The van der Waals surface area contributed by atoms with Crippen LogP contribution in [-0.4, -0.2) is 27.4 Å². The van der Waals surface area contributed by atoms with E-state index in [9.17, 15) is 13.2 Å². The fourth-order valence-corrected chi connectivity index (χ4v) is 3.53. The highest BCUT2D eigenvalue weighted by Crippen LogP contribution is 2.18. The van der Waals surface area contributed by atoms with Crippen LogP contribution in [0, 0.1) is 11.8 Å². The van der Waals surface area contributed by atoms with E-state index in [-0.39, 0.29) is 42.2 Å². The summed E-state index contributed by atoms with van der Waals surface area (Å²) in [6.45, 7) is 6.68. The third-order valence-corrected chi connectivity index (χ3v) is 4.73. The topological polar surface area (TPSA) is 101 Å². The maximum absolute atomic E-state index is 12.0. The average molecular weight is 378 g/mol. The van der Waals surface area contributed by atoms with Crippen LogP contribution < -0.4 is 15.8 Å². The first-order valence-corrected chi connectivity index (χ1v) is 9.32. The first-order chi connectivity index (χ1) is 10.7. The Kier molecular flexibility index (Phi) is 10.1. The van der Waals surface area contributed by atoms with Gasteiger partial charge in [0.15, 0.2) is 0 Å². The van der Waals surface area contributed by atoms with Gasteiger partial charge in [-0.05, 0) is 36.5 Å². The normalized spacial score (nSPS) is 12.5. The number of amides is 1. The maximum Gasteiger partial charge on any atom is 0.240 e. The summed E-state index contributed by atoms with van der Waals surface area (Å²) in [4.78, 5) is 12.2. The van der Waals surface area contributed by atoms with Crippen LogP contribution in [0.2, 0.25) is 0 Å². The molecule has 8 heteroatoms. The van der Waals surface area contributed by atoms with Gasteiger partial charge in [0.05, 0.1) is 4.90 Å². The Labute approximate surface area is 151 Å². The van der Waals surface area contributed by atoms with Crippen molar-refractivity contribution in [3.8, 4) is 0 Å². The molecule has 1 aromatic carbocycles. The number of nitrogens with two attached hydrogens (primary N) is 1. The van der Waals surface area contributed by atoms with Crippen molar-refractivity contribution in [1.82, 2.24) is 4.72 Å². The van der Waals surface area contributed by atoms with E-state index in [4.69, 9.17) is 5.73 Å². The molecule has 0 aliphatic rings. The molecule has 1 atom stereocenters. The first kappa shape index (κ1) is 22.9. The molecule has 6 nitrogen and oxygen atoms in total. The fraction of sp³-hybridized carbons (Fsp3) is 0.562. The van der Waals surface area contributed by atoms with Gasteiger partial charge in [-0.25, -0.2) is 13.1 Å². The molecule has 4 N–H and O–H groups in total. The smallest absolute Gasteiger partial charge is 0.240 e. The number of halogens is 1. The molecule has 0 radical (unpaired) electrons. The quantitative estimate of drug-likeness (QED) is 0.614. The summed E-state index contributed by atoms with van der Waals surface area (Å²) in [5, 5.41) is 2.76.